The van der Waals surface area contributed by atoms with Gasteiger partial charge in [0, 0.05) is 5.02 Å². The lowest BCUT2D eigenvalue weighted by Crippen LogP contribution is -2.08. The lowest BCUT2D eigenvalue weighted by molar-refractivity contribution is -0.142. The summed E-state index contributed by atoms with van der Waals surface area (Å²) in [6.07, 6.45) is 0.0806. The van der Waals surface area contributed by atoms with E-state index in [2.05, 4.69) is 0 Å². The third-order valence-electron chi connectivity index (χ3n) is 1.83. The summed E-state index contributed by atoms with van der Waals surface area (Å²) >= 11 is 5.77. The van der Waals surface area contributed by atoms with E-state index in [1.54, 1.807) is 25.1 Å². The van der Waals surface area contributed by atoms with Crippen LogP contribution in [0.15, 0.2) is 18.2 Å². The number of hydrogen-bond acceptors (Lipinski definition) is 3. The third kappa shape index (κ3) is 3.26. The smallest absolute Gasteiger partial charge is 0.310 e. The summed E-state index contributed by atoms with van der Waals surface area (Å²) in [5, 5.41) is 9.31. The van der Waals surface area contributed by atoms with Crippen molar-refractivity contribution < 1.29 is 9.53 Å². The van der Waals surface area contributed by atoms with Crippen LogP contribution < -0.4 is 0 Å². The second-order valence-electron chi connectivity index (χ2n) is 2.90. The van der Waals surface area contributed by atoms with Crippen molar-refractivity contribution >= 4 is 17.6 Å². The molecule has 78 valence electrons. The molecule has 3 nitrogen and oxygen atoms in total. The van der Waals surface area contributed by atoms with Gasteiger partial charge >= 0.3 is 5.97 Å². The van der Waals surface area contributed by atoms with Crippen molar-refractivity contribution in [1.29, 1.82) is 5.26 Å². The number of nitriles is 1. The molecule has 0 saturated heterocycles. The Labute approximate surface area is 93.2 Å². The largest absolute Gasteiger partial charge is 0.466 e. The van der Waals surface area contributed by atoms with Crippen LogP contribution in [0.1, 0.15) is 18.1 Å². The van der Waals surface area contributed by atoms with E-state index >= 15 is 0 Å². The van der Waals surface area contributed by atoms with E-state index in [0.717, 1.165) is 0 Å². The number of nitrogens with zero attached hydrogens (tertiary/aromatic N) is 1. The molecule has 15 heavy (non-hydrogen) atoms. The summed E-state index contributed by atoms with van der Waals surface area (Å²) < 4.78 is 4.79. The number of rotatable bonds is 3. The van der Waals surface area contributed by atoms with Crippen LogP contribution in [0.3, 0.4) is 0 Å². The monoisotopic (exact) mass is 223 g/mol. The summed E-state index contributed by atoms with van der Waals surface area (Å²) in [7, 11) is 0. The van der Waals surface area contributed by atoms with Crippen LogP contribution in [0.2, 0.25) is 5.02 Å². The Kier molecular flexibility index (Phi) is 4.14. The number of halogens is 1. The molecule has 0 spiro atoms. The van der Waals surface area contributed by atoms with E-state index in [1.165, 1.54) is 0 Å². The first kappa shape index (κ1) is 11.5. The zero-order valence-corrected chi connectivity index (χ0v) is 9.04. The molecule has 0 unspecified atom stereocenters. The molecule has 0 fully saturated rings. The van der Waals surface area contributed by atoms with Gasteiger partial charge in [0.15, 0.2) is 0 Å². The predicted molar refractivity (Wildman–Crippen MR) is 56.5 cm³/mol. The zero-order chi connectivity index (χ0) is 11.3. The standard InChI is InChI=1S/C11H10ClNO2/c1-2-15-11(14)6-9-5-10(12)4-3-8(9)7-13/h3-5H,2,6H2,1H3. The van der Waals surface area contributed by atoms with Gasteiger partial charge in [-0.15, -0.1) is 0 Å². The minimum atomic E-state index is -0.351. The number of carbonyl (C=O) groups is 1. The number of ether oxygens (including phenoxy) is 1. The van der Waals surface area contributed by atoms with Gasteiger partial charge in [0.2, 0.25) is 0 Å². The average Bonchev–Trinajstić information content (AvgIpc) is 2.18. The molecule has 0 heterocycles. The Morgan fingerprint density at radius 1 is 1.60 bits per heavy atom. The number of carbonyl (C=O) groups excluding carboxylic acids is 1. The molecule has 0 N–H and O–H groups in total. The van der Waals surface area contributed by atoms with Crippen LogP contribution in [0.4, 0.5) is 0 Å². The first-order valence-corrected chi connectivity index (χ1v) is 4.89. The molecule has 1 aromatic carbocycles. The fraction of sp³-hybridized carbons (Fsp3) is 0.273. The van der Waals surface area contributed by atoms with E-state index in [4.69, 9.17) is 21.6 Å². The average molecular weight is 224 g/mol. The maximum atomic E-state index is 11.2. The van der Waals surface area contributed by atoms with Crippen LogP contribution in [0.25, 0.3) is 0 Å². The van der Waals surface area contributed by atoms with Crippen molar-refractivity contribution in [2.75, 3.05) is 6.61 Å². The quantitative estimate of drug-likeness (QED) is 0.739. The van der Waals surface area contributed by atoms with Crippen LogP contribution in [0.5, 0.6) is 0 Å². The molecule has 0 bridgehead atoms. The topological polar surface area (TPSA) is 50.1 Å². The summed E-state index contributed by atoms with van der Waals surface area (Å²) in [5.41, 5.74) is 1.05. The van der Waals surface area contributed by atoms with Crippen LogP contribution in [0, 0.1) is 11.3 Å². The Bertz CT molecular complexity index is 410. The van der Waals surface area contributed by atoms with E-state index in [0.29, 0.717) is 22.8 Å². The summed E-state index contributed by atoms with van der Waals surface area (Å²) in [5.74, 6) is -0.351. The highest BCUT2D eigenvalue weighted by molar-refractivity contribution is 6.30. The first-order chi connectivity index (χ1) is 7.17. The van der Waals surface area contributed by atoms with Gasteiger partial charge in [0.1, 0.15) is 0 Å². The van der Waals surface area contributed by atoms with Gasteiger partial charge in [0.05, 0.1) is 24.7 Å². The highest BCUT2D eigenvalue weighted by atomic mass is 35.5. The maximum absolute atomic E-state index is 11.2. The molecule has 0 atom stereocenters. The van der Waals surface area contributed by atoms with Gasteiger partial charge in [-0.25, -0.2) is 0 Å². The molecule has 0 aliphatic rings. The van der Waals surface area contributed by atoms with Crippen molar-refractivity contribution in [3.05, 3.63) is 34.3 Å². The predicted octanol–water partition coefficient (Wildman–Crippen LogP) is 2.32. The van der Waals surface area contributed by atoms with E-state index < -0.39 is 0 Å². The van der Waals surface area contributed by atoms with Gasteiger partial charge < -0.3 is 4.74 Å². The highest BCUT2D eigenvalue weighted by Crippen LogP contribution is 2.16. The minimum absolute atomic E-state index is 0.0806. The molecular weight excluding hydrogens is 214 g/mol. The van der Waals surface area contributed by atoms with Gasteiger partial charge in [-0.1, -0.05) is 11.6 Å². The fourth-order valence-electron chi connectivity index (χ4n) is 1.19. The van der Waals surface area contributed by atoms with Crippen molar-refractivity contribution in [2.24, 2.45) is 0 Å². The van der Waals surface area contributed by atoms with Gasteiger partial charge in [0.25, 0.3) is 0 Å². The highest BCUT2D eigenvalue weighted by Gasteiger charge is 2.09. The Morgan fingerprint density at radius 3 is 2.93 bits per heavy atom. The van der Waals surface area contributed by atoms with E-state index in [-0.39, 0.29) is 12.4 Å². The summed E-state index contributed by atoms with van der Waals surface area (Å²) in [6, 6.07) is 6.83. The molecule has 0 saturated carbocycles. The van der Waals surface area contributed by atoms with Crippen molar-refractivity contribution in [1.82, 2.24) is 0 Å². The van der Waals surface area contributed by atoms with Crippen LogP contribution >= 0.6 is 11.6 Å². The van der Waals surface area contributed by atoms with Gasteiger partial charge in [-0.2, -0.15) is 5.26 Å². The SMILES string of the molecule is CCOC(=O)Cc1cc(Cl)ccc1C#N. The van der Waals surface area contributed by atoms with E-state index in [1.807, 2.05) is 6.07 Å². The second-order valence-corrected chi connectivity index (χ2v) is 3.33. The van der Waals surface area contributed by atoms with Crippen LogP contribution in [-0.2, 0) is 16.0 Å². The molecular formula is C11H10ClNO2. The third-order valence-corrected chi connectivity index (χ3v) is 2.06. The number of hydrogen-bond donors (Lipinski definition) is 0. The van der Waals surface area contributed by atoms with Crippen molar-refractivity contribution in [3.63, 3.8) is 0 Å². The van der Waals surface area contributed by atoms with E-state index in [9.17, 15) is 4.79 Å². The zero-order valence-electron chi connectivity index (χ0n) is 8.29. The molecule has 4 heteroatoms. The number of esters is 1. The normalized spacial score (nSPS) is 9.40. The Balaban J connectivity index is 2.88. The maximum Gasteiger partial charge on any atom is 0.310 e. The van der Waals surface area contributed by atoms with Crippen LogP contribution in [-0.4, -0.2) is 12.6 Å². The molecule has 1 aromatic rings. The first-order valence-electron chi connectivity index (χ1n) is 4.51. The van der Waals surface area contributed by atoms with Crippen molar-refractivity contribution in [2.45, 2.75) is 13.3 Å². The molecule has 0 aliphatic carbocycles. The number of benzene rings is 1. The molecule has 1 rings (SSSR count). The Hall–Kier alpha value is -1.53. The molecule has 0 radical (unpaired) electrons. The van der Waals surface area contributed by atoms with Gasteiger partial charge in [-0.05, 0) is 30.7 Å². The second kappa shape index (κ2) is 5.38. The lowest BCUT2D eigenvalue weighted by Gasteiger charge is -2.04. The Morgan fingerprint density at radius 2 is 2.33 bits per heavy atom. The lowest BCUT2D eigenvalue weighted by atomic mass is 10.1. The van der Waals surface area contributed by atoms with Gasteiger partial charge in [-0.3, -0.25) is 4.79 Å². The fourth-order valence-corrected chi connectivity index (χ4v) is 1.38. The van der Waals surface area contributed by atoms with Crippen molar-refractivity contribution in [3.8, 4) is 6.07 Å². The minimum Gasteiger partial charge on any atom is -0.466 e. The summed E-state index contributed by atoms with van der Waals surface area (Å²) in [6.45, 7) is 2.07. The molecule has 0 aliphatic heterocycles. The summed E-state index contributed by atoms with van der Waals surface area (Å²) in [4.78, 5) is 11.2. The molecule has 0 amide bonds. The molecule has 0 aromatic heterocycles.